The maximum absolute atomic E-state index is 6.02. The smallest absolute Gasteiger partial charge is 0.195 e. The lowest BCUT2D eigenvalue weighted by Gasteiger charge is -2.33. The standard InChI is InChI=1S/C14H23N5S/c1-8-3-4-10-9(7-8)11-12(20-10)14(17-2,5-6-15)19-13(16)18-11/h8,17H,3-7,15H2,1-2H3,(H3,16,18,19). The number of nitrogens with one attached hydrogen (secondary N) is 2. The van der Waals surface area contributed by atoms with E-state index in [1.165, 1.54) is 27.4 Å². The Balaban J connectivity index is 2.12. The molecule has 2 unspecified atom stereocenters. The molecule has 1 aliphatic heterocycles. The van der Waals surface area contributed by atoms with E-state index in [9.17, 15) is 0 Å². The van der Waals surface area contributed by atoms with Gasteiger partial charge in [-0.1, -0.05) is 6.92 Å². The largest absolute Gasteiger partial charge is 0.370 e. The van der Waals surface area contributed by atoms with Crippen LogP contribution >= 0.6 is 11.3 Å². The van der Waals surface area contributed by atoms with Crippen LogP contribution in [0.3, 0.4) is 0 Å². The monoisotopic (exact) mass is 293 g/mol. The summed E-state index contributed by atoms with van der Waals surface area (Å²) < 4.78 is 0. The van der Waals surface area contributed by atoms with Gasteiger partial charge in [0.1, 0.15) is 0 Å². The minimum atomic E-state index is -0.454. The zero-order chi connectivity index (χ0) is 14.3. The minimum absolute atomic E-state index is 0.454. The molecule has 1 aromatic heterocycles. The Kier molecular flexibility index (Phi) is 3.48. The van der Waals surface area contributed by atoms with Crippen molar-refractivity contribution in [2.75, 3.05) is 18.9 Å². The van der Waals surface area contributed by atoms with E-state index in [1.54, 1.807) is 0 Å². The van der Waals surface area contributed by atoms with Crippen LogP contribution in [0.4, 0.5) is 5.69 Å². The molecule has 0 saturated carbocycles. The number of aryl methyl sites for hydroxylation is 1. The van der Waals surface area contributed by atoms with Crippen molar-refractivity contribution in [3.8, 4) is 0 Å². The van der Waals surface area contributed by atoms with Crippen LogP contribution in [0.15, 0.2) is 4.99 Å². The zero-order valence-electron chi connectivity index (χ0n) is 12.1. The number of aliphatic imine (C=N–C) groups is 1. The lowest BCUT2D eigenvalue weighted by atomic mass is 9.87. The van der Waals surface area contributed by atoms with Crippen LogP contribution in [0.1, 0.15) is 35.1 Å². The molecule has 5 nitrogen and oxygen atoms in total. The summed E-state index contributed by atoms with van der Waals surface area (Å²) in [5.41, 5.74) is 14.0. The molecule has 6 N–H and O–H groups in total. The minimum Gasteiger partial charge on any atom is -0.370 e. The van der Waals surface area contributed by atoms with Crippen LogP contribution in [-0.2, 0) is 18.5 Å². The van der Waals surface area contributed by atoms with Gasteiger partial charge in [-0.2, -0.15) is 0 Å². The van der Waals surface area contributed by atoms with Gasteiger partial charge in [-0.05, 0) is 44.3 Å². The third-order valence-electron chi connectivity index (χ3n) is 4.37. The predicted octanol–water partition coefficient (Wildman–Crippen LogP) is 1.33. The van der Waals surface area contributed by atoms with Crippen molar-refractivity contribution in [2.24, 2.45) is 22.4 Å². The molecule has 2 aliphatic rings. The second-order valence-electron chi connectivity index (χ2n) is 5.83. The third kappa shape index (κ3) is 2.03. The summed E-state index contributed by atoms with van der Waals surface area (Å²) in [5.74, 6) is 1.22. The van der Waals surface area contributed by atoms with Crippen molar-refractivity contribution in [1.29, 1.82) is 0 Å². The van der Waals surface area contributed by atoms with Gasteiger partial charge in [0.15, 0.2) is 11.6 Å². The Morgan fingerprint density at radius 3 is 3.05 bits per heavy atom. The number of guanidine groups is 1. The van der Waals surface area contributed by atoms with Gasteiger partial charge >= 0.3 is 0 Å². The summed E-state index contributed by atoms with van der Waals surface area (Å²) in [7, 11) is 1.93. The van der Waals surface area contributed by atoms with Crippen molar-refractivity contribution in [3.05, 3.63) is 15.3 Å². The number of rotatable bonds is 3. The van der Waals surface area contributed by atoms with Gasteiger partial charge in [-0.3, -0.25) is 5.32 Å². The summed E-state index contributed by atoms with van der Waals surface area (Å²) in [5, 5.41) is 6.64. The highest BCUT2D eigenvalue weighted by Gasteiger charge is 2.40. The highest BCUT2D eigenvalue weighted by molar-refractivity contribution is 7.13. The number of nitrogens with zero attached hydrogens (tertiary/aromatic N) is 1. The number of anilines is 1. The molecule has 1 aromatic rings. The molecule has 2 atom stereocenters. The fourth-order valence-corrected chi connectivity index (χ4v) is 4.74. The number of hydrogen-bond donors (Lipinski definition) is 4. The van der Waals surface area contributed by atoms with Gasteiger partial charge in [-0.25, -0.2) is 4.99 Å². The maximum Gasteiger partial charge on any atom is 0.195 e. The fourth-order valence-electron chi connectivity index (χ4n) is 3.27. The highest BCUT2D eigenvalue weighted by atomic mass is 32.1. The molecule has 6 heteroatoms. The summed E-state index contributed by atoms with van der Waals surface area (Å²) in [6, 6.07) is 0. The summed E-state index contributed by atoms with van der Waals surface area (Å²) in [4.78, 5) is 7.37. The lowest BCUT2D eigenvalue weighted by molar-refractivity contribution is 0.361. The van der Waals surface area contributed by atoms with Gasteiger partial charge in [0.25, 0.3) is 0 Å². The molecule has 1 aliphatic carbocycles. The van der Waals surface area contributed by atoms with E-state index in [1.807, 2.05) is 18.4 Å². The van der Waals surface area contributed by atoms with Gasteiger partial charge in [-0.15, -0.1) is 11.3 Å². The first kappa shape index (κ1) is 13.9. The first-order valence-electron chi connectivity index (χ1n) is 7.26. The summed E-state index contributed by atoms with van der Waals surface area (Å²) >= 11 is 1.87. The first-order chi connectivity index (χ1) is 9.59. The molecule has 20 heavy (non-hydrogen) atoms. The molecule has 0 bridgehead atoms. The second kappa shape index (κ2) is 5.02. The lowest BCUT2D eigenvalue weighted by Crippen LogP contribution is -2.45. The topological polar surface area (TPSA) is 88.5 Å². The molecular weight excluding hydrogens is 270 g/mol. The average Bonchev–Trinajstić information content (AvgIpc) is 2.78. The fraction of sp³-hybridized carbons (Fsp3) is 0.643. The van der Waals surface area contributed by atoms with Crippen molar-refractivity contribution in [2.45, 2.75) is 38.3 Å². The molecule has 2 heterocycles. The SMILES string of the molecule is CNC1(CCN)N=C(N)Nc2c1sc1c2CC(C)CC1. The molecule has 0 saturated heterocycles. The van der Waals surface area contributed by atoms with Crippen molar-refractivity contribution in [3.63, 3.8) is 0 Å². The van der Waals surface area contributed by atoms with E-state index in [-0.39, 0.29) is 0 Å². The number of fused-ring (bicyclic) bond motifs is 3. The Labute approximate surface area is 123 Å². The van der Waals surface area contributed by atoms with Crippen LogP contribution in [0.5, 0.6) is 0 Å². The Morgan fingerprint density at radius 2 is 2.35 bits per heavy atom. The molecule has 0 fully saturated rings. The van der Waals surface area contributed by atoms with Crippen LogP contribution in [0.2, 0.25) is 0 Å². The van der Waals surface area contributed by atoms with Gasteiger partial charge in [0, 0.05) is 11.3 Å². The van der Waals surface area contributed by atoms with E-state index >= 15 is 0 Å². The normalized spacial score (nSPS) is 28.4. The van der Waals surface area contributed by atoms with Crippen molar-refractivity contribution in [1.82, 2.24) is 5.32 Å². The van der Waals surface area contributed by atoms with Gasteiger partial charge < -0.3 is 16.8 Å². The summed E-state index contributed by atoms with van der Waals surface area (Å²) in [6.45, 7) is 2.90. The van der Waals surface area contributed by atoms with Crippen LogP contribution < -0.4 is 22.1 Å². The molecule has 110 valence electrons. The van der Waals surface area contributed by atoms with Crippen LogP contribution in [-0.4, -0.2) is 19.6 Å². The maximum atomic E-state index is 6.02. The van der Waals surface area contributed by atoms with Crippen LogP contribution in [0, 0.1) is 5.92 Å². The van der Waals surface area contributed by atoms with Crippen molar-refractivity contribution >= 4 is 23.0 Å². The second-order valence-corrected chi connectivity index (χ2v) is 6.93. The van der Waals surface area contributed by atoms with Gasteiger partial charge in [0.2, 0.25) is 0 Å². The molecule has 0 amide bonds. The van der Waals surface area contributed by atoms with E-state index < -0.39 is 5.66 Å². The highest BCUT2D eigenvalue weighted by Crippen LogP contribution is 2.47. The van der Waals surface area contributed by atoms with E-state index in [2.05, 4.69) is 22.5 Å². The van der Waals surface area contributed by atoms with E-state index in [4.69, 9.17) is 11.5 Å². The predicted molar refractivity (Wildman–Crippen MR) is 85.2 cm³/mol. The first-order valence-corrected chi connectivity index (χ1v) is 8.07. The number of hydrogen-bond acceptors (Lipinski definition) is 6. The molecule has 0 aromatic carbocycles. The van der Waals surface area contributed by atoms with Gasteiger partial charge in [0.05, 0.1) is 10.6 Å². The van der Waals surface area contributed by atoms with Crippen LogP contribution in [0.25, 0.3) is 0 Å². The number of thiophene rings is 1. The molecule has 0 radical (unpaired) electrons. The molecule has 3 rings (SSSR count). The zero-order valence-corrected chi connectivity index (χ0v) is 12.9. The van der Waals surface area contributed by atoms with E-state index in [0.29, 0.717) is 12.5 Å². The molecule has 0 spiro atoms. The average molecular weight is 293 g/mol. The Hall–Kier alpha value is -1.11. The Bertz CT molecular complexity index is 550. The summed E-state index contributed by atoms with van der Waals surface area (Å²) in [6.07, 6.45) is 4.32. The third-order valence-corrected chi connectivity index (χ3v) is 5.81. The van der Waals surface area contributed by atoms with E-state index in [0.717, 1.165) is 25.2 Å². The number of nitrogens with two attached hydrogens (primary N) is 2. The molecular formula is C14H23N5S. The van der Waals surface area contributed by atoms with Crippen molar-refractivity contribution < 1.29 is 0 Å². The quantitative estimate of drug-likeness (QED) is 0.677. The Morgan fingerprint density at radius 1 is 1.55 bits per heavy atom.